The van der Waals surface area contributed by atoms with Crippen LogP contribution in [0.5, 0.6) is 0 Å². The summed E-state index contributed by atoms with van der Waals surface area (Å²) in [6, 6.07) is 28.6. The summed E-state index contributed by atoms with van der Waals surface area (Å²) in [6.45, 7) is 3.06. The Bertz CT molecular complexity index is 1220. The van der Waals surface area contributed by atoms with E-state index in [1.165, 1.54) is 31.4 Å². The number of nitrogens with one attached hydrogen (secondary N) is 2. The van der Waals surface area contributed by atoms with Crippen LogP contribution in [-0.4, -0.2) is 33.7 Å². The predicted molar refractivity (Wildman–Crippen MR) is 165 cm³/mol. The summed E-state index contributed by atoms with van der Waals surface area (Å²) in [5.41, 5.74) is 9.10. The summed E-state index contributed by atoms with van der Waals surface area (Å²) >= 11 is 0. The highest BCUT2D eigenvalue weighted by Gasteiger charge is 2.24. The quantitative estimate of drug-likeness (QED) is 0.243. The molecular formula is C33H45N3O3S. The lowest BCUT2D eigenvalue weighted by Gasteiger charge is -2.29. The van der Waals surface area contributed by atoms with Crippen LogP contribution in [0.4, 0.5) is 11.4 Å². The Hall–Kier alpha value is -2.87. The number of rotatable bonds is 9. The molecule has 0 aromatic heterocycles. The van der Waals surface area contributed by atoms with E-state index in [1.807, 2.05) is 25.1 Å². The van der Waals surface area contributed by atoms with E-state index in [-0.39, 0.29) is 11.5 Å². The van der Waals surface area contributed by atoms with Crippen molar-refractivity contribution in [2.24, 2.45) is 17.6 Å². The van der Waals surface area contributed by atoms with Crippen molar-refractivity contribution in [3.8, 4) is 0 Å². The number of hydrogen-bond acceptors (Lipinski definition) is 6. The van der Waals surface area contributed by atoms with Crippen molar-refractivity contribution < 1.29 is 12.6 Å². The van der Waals surface area contributed by atoms with E-state index in [1.54, 1.807) is 24.3 Å². The first kappa shape index (κ1) is 30.1. The molecule has 2 saturated carbocycles. The molecule has 0 bridgehead atoms. The molecule has 5 rings (SSSR count). The molecule has 0 atom stereocenters. The van der Waals surface area contributed by atoms with Crippen molar-refractivity contribution in [3.05, 3.63) is 90.5 Å². The number of hydrogen-bond donors (Lipinski definition) is 3. The van der Waals surface area contributed by atoms with E-state index in [2.05, 4.69) is 53.1 Å². The highest BCUT2D eigenvalue weighted by molar-refractivity contribution is 7.86. The summed E-state index contributed by atoms with van der Waals surface area (Å²) in [5.74, 6) is 1.06. The average molecular weight is 564 g/mol. The van der Waals surface area contributed by atoms with Gasteiger partial charge in [0.2, 0.25) is 0 Å². The van der Waals surface area contributed by atoms with Crippen molar-refractivity contribution in [3.63, 3.8) is 0 Å². The van der Waals surface area contributed by atoms with Gasteiger partial charge in [0.1, 0.15) is 0 Å². The van der Waals surface area contributed by atoms with Crippen LogP contribution in [0.1, 0.15) is 56.9 Å². The molecule has 0 heterocycles. The molecule has 0 saturated heterocycles. The monoisotopic (exact) mass is 563 g/mol. The van der Waals surface area contributed by atoms with Gasteiger partial charge in [0.15, 0.2) is 0 Å². The summed E-state index contributed by atoms with van der Waals surface area (Å²) < 4.78 is 29.8. The Morgan fingerprint density at radius 3 is 1.57 bits per heavy atom. The van der Waals surface area contributed by atoms with Gasteiger partial charge < -0.3 is 16.4 Å². The van der Waals surface area contributed by atoms with Crippen molar-refractivity contribution in [2.75, 3.05) is 23.8 Å². The first-order chi connectivity index (χ1) is 19.4. The molecule has 2 aliphatic rings. The fourth-order valence-electron chi connectivity index (χ4n) is 5.51. The van der Waals surface area contributed by atoms with Crippen LogP contribution in [0.25, 0.3) is 0 Å². The van der Waals surface area contributed by atoms with Gasteiger partial charge in [-0.15, -0.1) is 0 Å². The van der Waals surface area contributed by atoms with Gasteiger partial charge >= 0.3 is 0 Å². The second kappa shape index (κ2) is 15.2. The van der Waals surface area contributed by atoms with Gasteiger partial charge in [0.05, 0.1) is 11.5 Å². The highest BCUT2D eigenvalue weighted by Crippen LogP contribution is 2.28. The van der Waals surface area contributed by atoms with Gasteiger partial charge in [0, 0.05) is 23.5 Å². The summed E-state index contributed by atoms with van der Waals surface area (Å²) in [7, 11) is -3.65. The number of aryl methyl sites for hydroxylation is 1. The van der Waals surface area contributed by atoms with Crippen molar-refractivity contribution >= 4 is 21.5 Å². The molecule has 3 aromatic carbocycles. The first-order valence-electron chi connectivity index (χ1n) is 14.7. The highest BCUT2D eigenvalue weighted by atomic mass is 32.2. The van der Waals surface area contributed by atoms with Gasteiger partial charge in [-0.2, -0.15) is 8.42 Å². The van der Waals surface area contributed by atoms with Crippen molar-refractivity contribution in [2.45, 2.75) is 75.3 Å². The molecule has 0 aliphatic heterocycles. The molecule has 6 nitrogen and oxygen atoms in total. The SMILES string of the molecule is Cc1ccc(S(=O)(=O)OCC2CCC(Nc3ccccc3)CC2)cc1.NCC1CCC(Nc2ccccc2)CC1. The molecule has 2 fully saturated rings. The lowest BCUT2D eigenvalue weighted by atomic mass is 9.86. The maximum Gasteiger partial charge on any atom is 0.296 e. The van der Waals surface area contributed by atoms with Gasteiger partial charge in [-0.25, -0.2) is 0 Å². The minimum atomic E-state index is -3.65. The maximum atomic E-state index is 12.3. The minimum absolute atomic E-state index is 0.234. The molecule has 0 unspecified atom stereocenters. The molecule has 3 aromatic rings. The molecule has 7 heteroatoms. The zero-order valence-electron chi connectivity index (χ0n) is 23.7. The molecule has 0 spiro atoms. The topological polar surface area (TPSA) is 93.5 Å². The lowest BCUT2D eigenvalue weighted by Crippen LogP contribution is -2.29. The van der Waals surface area contributed by atoms with Crippen LogP contribution in [0, 0.1) is 18.8 Å². The third-order valence-electron chi connectivity index (χ3n) is 8.08. The van der Waals surface area contributed by atoms with Gasteiger partial charge in [0.25, 0.3) is 10.1 Å². The Morgan fingerprint density at radius 1 is 0.675 bits per heavy atom. The Kier molecular flexibility index (Phi) is 11.5. The second-order valence-electron chi connectivity index (χ2n) is 11.2. The van der Waals surface area contributed by atoms with E-state index in [9.17, 15) is 8.42 Å². The van der Waals surface area contributed by atoms with Crippen LogP contribution < -0.4 is 16.4 Å². The van der Waals surface area contributed by atoms with Crippen LogP contribution in [0.2, 0.25) is 0 Å². The van der Waals surface area contributed by atoms with E-state index in [0.717, 1.165) is 49.4 Å². The first-order valence-corrected chi connectivity index (χ1v) is 16.1. The molecular weight excluding hydrogens is 518 g/mol. The molecule has 2 aliphatic carbocycles. The average Bonchev–Trinajstić information content (AvgIpc) is 2.99. The molecule has 216 valence electrons. The fraction of sp³-hybridized carbons (Fsp3) is 0.455. The zero-order chi connectivity index (χ0) is 28.2. The summed E-state index contributed by atoms with van der Waals surface area (Å²) in [6.07, 6.45) is 9.11. The molecule has 40 heavy (non-hydrogen) atoms. The molecule has 0 amide bonds. The van der Waals surface area contributed by atoms with E-state index >= 15 is 0 Å². The largest absolute Gasteiger partial charge is 0.382 e. The van der Waals surface area contributed by atoms with Crippen LogP contribution in [0.15, 0.2) is 89.8 Å². The Balaban J connectivity index is 0.000000210. The Morgan fingerprint density at radius 2 is 1.12 bits per heavy atom. The fourth-order valence-corrected chi connectivity index (χ4v) is 6.49. The van der Waals surface area contributed by atoms with Gasteiger partial charge in [-0.1, -0.05) is 54.1 Å². The molecule has 0 radical (unpaired) electrons. The van der Waals surface area contributed by atoms with E-state index in [4.69, 9.17) is 9.92 Å². The normalized spacial score (nSPS) is 22.9. The third-order valence-corrected chi connectivity index (χ3v) is 9.38. The summed E-state index contributed by atoms with van der Waals surface area (Å²) in [4.78, 5) is 0.234. The smallest absolute Gasteiger partial charge is 0.296 e. The molecule has 4 N–H and O–H groups in total. The lowest BCUT2D eigenvalue weighted by molar-refractivity contribution is 0.208. The number of para-hydroxylation sites is 2. The number of nitrogens with two attached hydrogens (primary N) is 1. The van der Waals surface area contributed by atoms with Crippen LogP contribution in [-0.2, 0) is 14.3 Å². The number of benzene rings is 3. The minimum Gasteiger partial charge on any atom is -0.382 e. The second-order valence-corrected chi connectivity index (χ2v) is 12.9. The number of anilines is 2. The van der Waals surface area contributed by atoms with E-state index in [0.29, 0.717) is 18.0 Å². The maximum absolute atomic E-state index is 12.3. The van der Waals surface area contributed by atoms with Crippen LogP contribution >= 0.6 is 0 Å². The standard InChI is InChI=1S/C20H25NO3S.C13H20N2/c1-16-7-13-20(14-8-16)25(22,23)24-15-17-9-11-19(12-10-17)21-18-5-3-2-4-6-18;14-10-11-6-8-13(9-7-11)15-12-4-2-1-3-5-12/h2-8,13-14,17,19,21H,9-12,15H2,1H3;1-5,11,13,15H,6-10,14H2. The Labute approximate surface area is 240 Å². The van der Waals surface area contributed by atoms with Crippen LogP contribution in [0.3, 0.4) is 0 Å². The van der Waals surface area contributed by atoms with Crippen molar-refractivity contribution in [1.82, 2.24) is 0 Å². The van der Waals surface area contributed by atoms with E-state index < -0.39 is 10.1 Å². The van der Waals surface area contributed by atoms with Gasteiger partial charge in [-0.3, -0.25) is 4.18 Å². The van der Waals surface area contributed by atoms with Crippen molar-refractivity contribution in [1.29, 1.82) is 0 Å². The third kappa shape index (κ3) is 9.65. The predicted octanol–water partition coefficient (Wildman–Crippen LogP) is 6.99. The summed E-state index contributed by atoms with van der Waals surface area (Å²) in [5, 5.41) is 7.13. The van der Waals surface area contributed by atoms with Gasteiger partial charge in [-0.05, 0) is 113 Å². The zero-order valence-corrected chi connectivity index (χ0v) is 24.5.